The summed E-state index contributed by atoms with van der Waals surface area (Å²) in [4.78, 5) is 15.4. The molecular weight excluding hydrogens is 508 g/mol. The van der Waals surface area contributed by atoms with Crippen molar-refractivity contribution in [2.45, 2.75) is 28.6 Å². The number of hydrogen-bond acceptors (Lipinski definition) is 6. The normalized spacial score (nSPS) is 22.7. The van der Waals surface area contributed by atoms with Crippen LogP contribution >= 0.6 is 22.9 Å². The zero-order valence-corrected chi connectivity index (χ0v) is 21.2. The van der Waals surface area contributed by atoms with Crippen LogP contribution in [0.4, 0.5) is 0 Å². The maximum Gasteiger partial charge on any atom is 0.325 e. The first-order chi connectivity index (χ1) is 16.8. The molecule has 2 fully saturated rings. The van der Waals surface area contributed by atoms with Crippen LogP contribution in [0.1, 0.15) is 23.5 Å². The molecular formula is C25H25ClN2O5S2. The van der Waals surface area contributed by atoms with E-state index in [0.29, 0.717) is 24.8 Å². The van der Waals surface area contributed by atoms with Crippen LogP contribution in [-0.2, 0) is 26.1 Å². The minimum atomic E-state index is -4.04. The standard InChI is InChI=1S/C25H25ClN2O5S2/c26-19-7-5-17(6-8-19)22-9-10-23(34-22)35(31,32)27-25(24(29)30)15-21(25)20-4-2-1-3-18(20)16-28-11-13-33-14-12-28/h1-10,21,27H,11-16H2,(H,29,30)/t21-,25+/m0/s1. The maximum absolute atomic E-state index is 13.3. The lowest BCUT2D eigenvalue weighted by Gasteiger charge is -2.27. The summed E-state index contributed by atoms with van der Waals surface area (Å²) in [6.07, 6.45) is 0.205. The van der Waals surface area contributed by atoms with Gasteiger partial charge in [-0.2, -0.15) is 4.72 Å². The number of carboxylic acid groups (broad SMARTS) is 1. The summed E-state index contributed by atoms with van der Waals surface area (Å²) in [6.45, 7) is 3.63. The minimum Gasteiger partial charge on any atom is -0.480 e. The number of carbonyl (C=O) groups is 1. The molecule has 10 heteroatoms. The monoisotopic (exact) mass is 532 g/mol. The molecule has 7 nitrogen and oxygen atoms in total. The molecule has 2 aliphatic rings. The first kappa shape index (κ1) is 24.4. The molecule has 0 bridgehead atoms. The van der Waals surface area contributed by atoms with Crippen molar-refractivity contribution in [3.8, 4) is 10.4 Å². The van der Waals surface area contributed by atoms with Crippen LogP contribution in [-0.4, -0.2) is 56.2 Å². The summed E-state index contributed by atoms with van der Waals surface area (Å²) in [5, 5.41) is 10.7. The molecule has 2 N–H and O–H groups in total. The fourth-order valence-corrected chi connectivity index (χ4v) is 7.42. The van der Waals surface area contributed by atoms with Gasteiger partial charge in [0.15, 0.2) is 0 Å². The van der Waals surface area contributed by atoms with Crippen LogP contribution in [0.15, 0.2) is 64.9 Å². The highest BCUT2D eigenvalue weighted by molar-refractivity contribution is 7.91. The number of benzene rings is 2. The molecule has 2 heterocycles. The van der Waals surface area contributed by atoms with Gasteiger partial charge in [-0.3, -0.25) is 9.69 Å². The third kappa shape index (κ3) is 5.02. The van der Waals surface area contributed by atoms with Gasteiger partial charge in [-0.05, 0) is 47.4 Å². The van der Waals surface area contributed by atoms with Gasteiger partial charge >= 0.3 is 5.97 Å². The lowest BCUT2D eigenvalue weighted by Crippen LogP contribution is -2.44. The summed E-state index contributed by atoms with van der Waals surface area (Å²) in [7, 11) is -4.04. The van der Waals surface area contributed by atoms with E-state index in [9.17, 15) is 18.3 Å². The van der Waals surface area contributed by atoms with Gasteiger partial charge in [0.25, 0.3) is 10.0 Å². The average molecular weight is 533 g/mol. The van der Waals surface area contributed by atoms with Gasteiger partial charge in [0.05, 0.1) is 13.2 Å². The number of morpholine rings is 1. The minimum absolute atomic E-state index is 0.0790. The fourth-order valence-electron chi connectivity index (χ4n) is 4.57. The number of aliphatic carboxylic acids is 1. The van der Waals surface area contributed by atoms with E-state index in [4.69, 9.17) is 16.3 Å². The predicted octanol–water partition coefficient (Wildman–Crippen LogP) is 4.19. The highest BCUT2D eigenvalue weighted by Gasteiger charge is 2.63. The zero-order valence-electron chi connectivity index (χ0n) is 18.8. The van der Waals surface area contributed by atoms with Crippen molar-refractivity contribution in [3.63, 3.8) is 0 Å². The number of halogens is 1. The summed E-state index contributed by atoms with van der Waals surface area (Å²) >= 11 is 7.05. The highest BCUT2D eigenvalue weighted by atomic mass is 35.5. The number of carboxylic acids is 1. The van der Waals surface area contributed by atoms with Crippen molar-refractivity contribution in [3.05, 3.63) is 76.8 Å². The van der Waals surface area contributed by atoms with Crippen molar-refractivity contribution in [1.82, 2.24) is 9.62 Å². The molecule has 1 saturated carbocycles. The second kappa shape index (κ2) is 9.65. The van der Waals surface area contributed by atoms with Gasteiger partial charge in [0.1, 0.15) is 9.75 Å². The van der Waals surface area contributed by atoms with Gasteiger partial charge in [0, 0.05) is 35.5 Å². The van der Waals surface area contributed by atoms with Crippen molar-refractivity contribution in [1.29, 1.82) is 0 Å². The molecule has 1 aromatic heterocycles. The summed E-state index contributed by atoms with van der Waals surface area (Å²) < 4.78 is 34.6. The second-order valence-electron chi connectivity index (χ2n) is 8.85. The molecule has 184 valence electrons. The average Bonchev–Trinajstić information content (AvgIpc) is 3.32. The largest absolute Gasteiger partial charge is 0.480 e. The quantitative estimate of drug-likeness (QED) is 0.451. The van der Waals surface area contributed by atoms with Crippen LogP contribution in [0, 0.1) is 0 Å². The van der Waals surface area contributed by atoms with Gasteiger partial charge in [0.2, 0.25) is 0 Å². The Labute approximate surface area is 213 Å². The number of hydrogen-bond donors (Lipinski definition) is 2. The SMILES string of the molecule is O=C(O)[C@@]1(NS(=O)(=O)c2ccc(-c3ccc(Cl)cc3)s2)C[C@H]1c1ccccc1CN1CCOCC1. The number of nitrogens with one attached hydrogen (secondary N) is 1. The van der Waals surface area contributed by atoms with Crippen molar-refractivity contribution < 1.29 is 23.1 Å². The third-order valence-corrected chi connectivity index (χ3v) is 9.95. The molecule has 1 aliphatic carbocycles. The van der Waals surface area contributed by atoms with Gasteiger partial charge in [-0.15, -0.1) is 11.3 Å². The molecule has 0 spiro atoms. The Morgan fingerprint density at radius 2 is 1.83 bits per heavy atom. The van der Waals surface area contributed by atoms with Gasteiger partial charge < -0.3 is 9.84 Å². The molecule has 1 saturated heterocycles. The first-order valence-corrected chi connectivity index (χ1v) is 14.0. The molecule has 1 aliphatic heterocycles. The predicted molar refractivity (Wildman–Crippen MR) is 135 cm³/mol. The summed E-state index contributed by atoms with van der Waals surface area (Å²) in [5.74, 6) is -1.61. The molecule has 5 rings (SSSR count). The zero-order chi connectivity index (χ0) is 24.6. The van der Waals surface area contributed by atoms with Crippen LogP contribution in [0.3, 0.4) is 0 Å². The van der Waals surface area contributed by atoms with Crippen LogP contribution in [0.5, 0.6) is 0 Å². The molecule has 0 amide bonds. The number of rotatable bonds is 8. The van der Waals surface area contributed by atoms with Crippen molar-refractivity contribution in [2.24, 2.45) is 0 Å². The van der Waals surface area contributed by atoms with E-state index in [-0.39, 0.29) is 10.6 Å². The van der Waals surface area contributed by atoms with E-state index in [1.165, 1.54) is 6.07 Å². The van der Waals surface area contributed by atoms with E-state index in [1.54, 1.807) is 18.2 Å². The number of thiophene rings is 1. The van der Waals surface area contributed by atoms with E-state index in [1.807, 2.05) is 36.4 Å². The van der Waals surface area contributed by atoms with E-state index in [2.05, 4.69) is 9.62 Å². The Hall–Kier alpha value is -2.27. The Morgan fingerprint density at radius 3 is 2.54 bits per heavy atom. The summed E-state index contributed by atoms with van der Waals surface area (Å²) in [5.41, 5.74) is 1.17. The van der Waals surface area contributed by atoms with E-state index < -0.39 is 27.4 Å². The molecule has 2 atom stereocenters. The van der Waals surface area contributed by atoms with Crippen LogP contribution in [0.25, 0.3) is 10.4 Å². The Balaban J connectivity index is 1.38. The van der Waals surface area contributed by atoms with Gasteiger partial charge in [-0.1, -0.05) is 48.0 Å². The molecule has 3 aromatic rings. The number of ether oxygens (including phenoxy) is 1. The number of sulfonamides is 1. The molecule has 2 aromatic carbocycles. The Bertz CT molecular complexity index is 1340. The summed E-state index contributed by atoms with van der Waals surface area (Å²) in [6, 6.07) is 18.0. The third-order valence-electron chi connectivity index (χ3n) is 6.56. The molecule has 0 unspecified atom stereocenters. The fraction of sp³-hybridized carbons (Fsp3) is 0.320. The topological polar surface area (TPSA) is 95.9 Å². The van der Waals surface area contributed by atoms with Crippen molar-refractivity contribution in [2.75, 3.05) is 26.3 Å². The number of nitrogens with zero attached hydrogens (tertiary/aromatic N) is 1. The lowest BCUT2D eigenvalue weighted by atomic mass is 9.99. The van der Waals surface area contributed by atoms with Gasteiger partial charge in [-0.25, -0.2) is 8.42 Å². The highest BCUT2D eigenvalue weighted by Crippen LogP contribution is 2.53. The maximum atomic E-state index is 13.3. The van der Waals surface area contributed by atoms with Crippen molar-refractivity contribution >= 4 is 38.9 Å². The van der Waals surface area contributed by atoms with E-state index >= 15 is 0 Å². The Morgan fingerprint density at radius 1 is 1.11 bits per heavy atom. The molecule has 35 heavy (non-hydrogen) atoms. The lowest BCUT2D eigenvalue weighted by molar-refractivity contribution is -0.140. The first-order valence-electron chi connectivity index (χ1n) is 11.3. The molecule has 0 radical (unpaired) electrons. The smallest absolute Gasteiger partial charge is 0.325 e. The Kier molecular flexibility index (Phi) is 6.73. The van der Waals surface area contributed by atoms with E-state index in [0.717, 1.165) is 46.0 Å². The van der Waals surface area contributed by atoms with Crippen LogP contribution in [0.2, 0.25) is 5.02 Å². The van der Waals surface area contributed by atoms with Crippen LogP contribution < -0.4 is 4.72 Å². The second-order valence-corrected chi connectivity index (χ2v) is 12.3.